The van der Waals surface area contributed by atoms with E-state index >= 15 is 0 Å². The molecule has 4 nitrogen and oxygen atoms in total. The Hall–Kier alpha value is -1.29. The van der Waals surface area contributed by atoms with Crippen LogP contribution < -0.4 is 5.73 Å². The van der Waals surface area contributed by atoms with Crippen molar-refractivity contribution >= 4 is 5.91 Å². The van der Waals surface area contributed by atoms with Crippen LogP contribution in [0.2, 0.25) is 0 Å². The Bertz CT molecular complexity index is 410. The summed E-state index contributed by atoms with van der Waals surface area (Å²) >= 11 is 0. The average Bonchev–Trinajstić information content (AvgIpc) is 3.14. The number of amides is 1. The van der Waals surface area contributed by atoms with Gasteiger partial charge < -0.3 is 15.1 Å². The van der Waals surface area contributed by atoms with Crippen molar-refractivity contribution in [3.05, 3.63) is 24.2 Å². The van der Waals surface area contributed by atoms with Crippen molar-refractivity contribution in [3.63, 3.8) is 0 Å². The van der Waals surface area contributed by atoms with Crippen LogP contribution in [0.5, 0.6) is 0 Å². The van der Waals surface area contributed by atoms with Gasteiger partial charge in [0.15, 0.2) is 0 Å². The first-order valence-electron chi connectivity index (χ1n) is 7.72. The molecule has 2 rings (SSSR count). The number of carbonyl (C=O) groups excluding carboxylic acids is 1. The van der Waals surface area contributed by atoms with Gasteiger partial charge in [0.2, 0.25) is 5.91 Å². The van der Waals surface area contributed by atoms with Crippen molar-refractivity contribution in [1.29, 1.82) is 0 Å². The van der Waals surface area contributed by atoms with Crippen molar-refractivity contribution in [3.8, 4) is 0 Å². The van der Waals surface area contributed by atoms with E-state index in [1.165, 1.54) is 12.8 Å². The lowest BCUT2D eigenvalue weighted by molar-refractivity contribution is -0.137. The van der Waals surface area contributed by atoms with Crippen LogP contribution in [0.15, 0.2) is 22.8 Å². The molecule has 20 heavy (non-hydrogen) atoms. The maximum Gasteiger partial charge on any atom is 0.240 e. The fourth-order valence-corrected chi connectivity index (χ4v) is 2.86. The average molecular weight is 278 g/mol. The lowest BCUT2D eigenvalue weighted by atomic mass is 9.98. The minimum atomic E-state index is -0.407. The van der Waals surface area contributed by atoms with Gasteiger partial charge in [-0.2, -0.15) is 0 Å². The molecule has 0 saturated heterocycles. The SMILES string of the molecule is CCC(C)[C@H](N)C(=O)N(Cc1ccco1)C1CCCC1. The zero-order valence-electron chi connectivity index (χ0n) is 12.5. The molecule has 1 fully saturated rings. The van der Waals surface area contributed by atoms with Gasteiger partial charge in [-0.3, -0.25) is 4.79 Å². The second kappa shape index (κ2) is 6.93. The number of carbonyl (C=O) groups is 1. The molecule has 0 aliphatic heterocycles. The van der Waals surface area contributed by atoms with E-state index in [0.717, 1.165) is 25.0 Å². The quantitative estimate of drug-likeness (QED) is 0.870. The molecule has 1 aliphatic carbocycles. The summed E-state index contributed by atoms with van der Waals surface area (Å²) in [6.45, 7) is 4.66. The molecule has 1 heterocycles. The minimum absolute atomic E-state index is 0.0719. The largest absolute Gasteiger partial charge is 0.467 e. The van der Waals surface area contributed by atoms with Crippen LogP contribution in [-0.2, 0) is 11.3 Å². The Labute approximate surface area is 121 Å². The van der Waals surface area contributed by atoms with Gasteiger partial charge in [0.1, 0.15) is 5.76 Å². The van der Waals surface area contributed by atoms with Gasteiger partial charge >= 0.3 is 0 Å². The summed E-state index contributed by atoms with van der Waals surface area (Å²) in [6, 6.07) is 3.70. The van der Waals surface area contributed by atoms with Crippen LogP contribution in [0, 0.1) is 5.92 Å². The van der Waals surface area contributed by atoms with E-state index in [9.17, 15) is 4.79 Å². The molecule has 0 aromatic carbocycles. The molecule has 1 aromatic heterocycles. The van der Waals surface area contributed by atoms with E-state index in [0.29, 0.717) is 12.6 Å². The number of rotatable bonds is 6. The van der Waals surface area contributed by atoms with Crippen molar-refractivity contribution in [2.24, 2.45) is 11.7 Å². The molecule has 112 valence electrons. The monoisotopic (exact) mass is 278 g/mol. The van der Waals surface area contributed by atoms with E-state index < -0.39 is 6.04 Å². The summed E-state index contributed by atoms with van der Waals surface area (Å²) in [7, 11) is 0. The second-order valence-electron chi connectivity index (χ2n) is 5.90. The first kappa shape index (κ1) is 15.1. The van der Waals surface area contributed by atoms with Gasteiger partial charge in [0, 0.05) is 6.04 Å². The molecule has 1 unspecified atom stereocenters. The van der Waals surface area contributed by atoms with Crippen LogP contribution in [0.3, 0.4) is 0 Å². The molecule has 1 aromatic rings. The van der Waals surface area contributed by atoms with E-state index in [1.54, 1.807) is 6.26 Å². The summed E-state index contributed by atoms with van der Waals surface area (Å²) in [5, 5.41) is 0. The van der Waals surface area contributed by atoms with Gasteiger partial charge in [-0.1, -0.05) is 33.1 Å². The summed E-state index contributed by atoms with van der Waals surface area (Å²) in [6.07, 6.45) is 7.14. The van der Waals surface area contributed by atoms with Gasteiger partial charge in [-0.25, -0.2) is 0 Å². The van der Waals surface area contributed by atoms with Crippen molar-refractivity contribution in [2.75, 3.05) is 0 Å². The van der Waals surface area contributed by atoms with Gasteiger partial charge in [0.05, 0.1) is 18.8 Å². The Morgan fingerprint density at radius 1 is 1.50 bits per heavy atom. The molecule has 0 spiro atoms. The number of furan rings is 1. The van der Waals surface area contributed by atoms with Gasteiger partial charge in [-0.05, 0) is 30.9 Å². The van der Waals surface area contributed by atoms with Gasteiger partial charge in [-0.15, -0.1) is 0 Å². The summed E-state index contributed by atoms with van der Waals surface area (Å²) in [5.74, 6) is 1.12. The first-order chi connectivity index (χ1) is 9.63. The molecule has 1 saturated carbocycles. The highest BCUT2D eigenvalue weighted by atomic mass is 16.3. The van der Waals surface area contributed by atoms with E-state index in [2.05, 4.69) is 6.92 Å². The summed E-state index contributed by atoms with van der Waals surface area (Å²) in [4.78, 5) is 14.7. The molecular formula is C16H26N2O2. The van der Waals surface area contributed by atoms with E-state index in [1.807, 2.05) is 24.0 Å². The van der Waals surface area contributed by atoms with Crippen molar-refractivity contribution < 1.29 is 9.21 Å². The third kappa shape index (κ3) is 3.42. The molecule has 0 radical (unpaired) electrons. The summed E-state index contributed by atoms with van der Waals surface area (Å²) in [5.41, 5.74) is 6.15. The van der Waals surface area contributed by atoms with E-state index in [4.69, 9.17) is 10.2 Å². The fraction of sp³-hybridized carbons (Fsp3) is 0.688. The Kier molecular flexibility index (Phi) is 5.24. The van der Waals surface area contributed by atoms with Crippen LogP contribution in [-0.4, -0.2) is 22.9 Å². The first-order valence-corrected chi connectivity index (χ1v) is 7.72. The summed E-state index contributed by atoms with van der Waals surface area (Å²) < 4.78 is 5.41. The molecule has 2 N–H and O–H groups in total. The molecule has 2 atom stereocenters. The number of hydrogen-bond donors (Lipinski definition) is 1. The lowest BCUT2D eigenvalue weighted by Gasteiger charge is -2.32. The highest BCUT2D eigenvalue weighted by Crippen LogP contribution is 2.26. The minimum Gasteiger partial charge on any atom is -0.467 e. The van der Waals surface area contributed by atoms with Crippen LogP contribution in [0.1, 0.15) is 51.7 Å². The van der Waals surface area contributed by atoms with Crippen LogP contribution >= 0.6 is 0 Å². The highest BCUT2D eigenvalue weighted by Gasteiger charge is 2.32. The van der Waals surface area contributed by atoms with Crippen LogP contribution in [0.4, 0.5) is 0 Å². The Morgan fingerprint density at radius 3 is 2.75 bits per heavy atom. The lowest BCUT2D eigenvalue weighted by Crippen LogP contribution is -2.50. The maximum atomic E-state index is 12.7. The van der Waals surface area contributed by atoms with Crippen LogP contribution in [0.25, 0.3) is 0 Å². The third-order valence-corrected chi connectivity index (χ3v) is 4.50. The number of nitrogens with zero attached hydrogens (tertiary/aromatic N) is 1. The number of hydrogen-bond acceptors (Lipinski definition) is 3. The second-order valence-corrected chi connectivity index (χ2v) is 5.90. The third-order valence-electron chi connectivity index (χ3n) is 4.50. The highest BCUT2D eigenvalue weighted by molar-refractivity contribution is 5.82. The molecule has 4 heteroatoms. The molecule has 0 bridgehead atoms. The predicted molar refractivity (Wildman–Crippen MR) is 78.9 cm³/mol. The normalized spacial score (nSPS) is 18.9. The Morgan fingerprint density at radius 2 is 2.20 bits per heavy atom. The van der Waals surface area contributed by atoms with E-state index in [-0.39, 0.29) is 11.8 Å². The number of nitrogens with two attached hydrogens (primary N) is 1. The zero-order valence-corrected chi connectivity index (χ0v) is 12.5. The zero-order chi connectivity index (χ0) is 14.5. The van der Waals surface area contributed by atoms with Gasteiger partial charge in [0.25, 0.3) is 0 Å². The topological polar surface area (TPSA) is 59.5 Å². The fourth-order valence-electron chi connectivity index (χ4n) is 2.86. The standard InChI is InChI=1S/C16H26N2O2/c1-3-12(2)15(17)16(19)18(13-7-4-5-8-13)11-14-9-6-10-20-14/h6,9-10,12-13,15H,3-5,7-8,11,17H2,1-2H3/t12?,15-/m0/s1. The smallest absolute Gasteiger partial charge is 0.240 e. The predicted octanol–water partition coefficient (Wildman–Crippen LogP) is 2.92. The Balaban J connectivity index is 2.10. The van der Waals surface area contributed by atoms with Crippen molar-refractivity contribution in [2.45, 2.75) is 64.6 Å². The molecule has 1 aliphatic rings. The molecular weight excluding hydrogens is 252 g/mol. The van der Waals surface area contributed by atoms with Crippen molar-refractivity contribution in [1.82, 2.24) is 4.90 Å². The molecule has 1 amide bonds. The maximum absolute atomic E-state index is 12.7.